The molecule has 4 nitrogen and oxygen atoms in total. The van der Waals surface area contributed by atoms with E-state index < -0.39 is 16.6 Å². The Kier molecular flexibility index (Phi) is 5.27. The van der Waals surface area contributed by atoms with Crippen molar-refractivity contribution in [3.05, 3.63) is 20.5 Å². The lowest BCUT2D eigenvalue weighted by Gasteiger charge is -2.28. The number of ketones is 2. The number of hydrogen-bond donors (Lipinski definition) is 0. The summed E-state index contributed by atoms with van der Waals surface area (Å²) in [5.41, 5.74) is 0. The van der Waals surface area contributed by atoms with Crippen molar-refractivity contribution in [2.75, 3.05) is 0 Å². The van der Waals surface area contributed by atoms with E-state index in [1.807, 2.05) is 39.3 Å². The zero-order valence-electron chi connectivity index (χ0n) is 12.4. The molecule has 0 heterocycles. The summed E-state index contributed by atoms with van der Waals surface area (Å²) >= 11 is 6.35. The highest BCUT2D eigenvalue weighted by atomic mass is 79.9. The maximum absolute atomic E-state index is 12.3. The van der Waals surface area contributed by atoms with E-state index in [0.717, 1.165) is 0 Å². The summed E-state index contributed by atoms with van der Waals surface area (Å²) in [6.07, 6.45) is 0. The molecule has 0 aliphatic heterocycles. The number of allylic oxidation sites excluding steroid dienone is 2. The first-order valence-corrected chi connectivity index (χ1v) is 14.5. The Balaban J connectivity index is 3.22. The van der Waals surface area contributed by atoms with Crippen molar-refractivity contribution in [3.8, 4) is 0 Å². The Labute approximate surface area is 138 Å². The first-order chi connectivity index (χ1) is 8.83. The van der Waals surface area contributed by atoms with Gasteiger partial charge in [0.05, 0.1) is 0 Å². The second kappa shape index (κ2) is 5.90. The van der Waals surface area contributed by atoms with Gasteiger partial charge in [0.2, 0.25) is 28.2 Å². The van der Waals surface area contributed by atoms with Gasteiger partial charge >= 0.3 is 0 Å². The molecular weight excluding hydrogens is 424 g/mol. The fourth-order valence-electron chi connectivity index (χ4n) is 1.40. The Morgan fingerprint density at radius 3 is 1.15 bits per heavy atom. The summed E-state index contributed by atoms with van der Waals surface area (Å²) in [6, 6.07) is 0. The van der Waals surface area contributed by atoms with Crippen LogP contribution in [0.3, 0.4) is 0 Å². The lowest BCUT2D eigenvalue weighted by molar-refractivity contribution is -0.118. The van der Waals surface area contributed by atoms with E-state index in [2.05, 4.69) is 31.9 Å². The second-order valence-electron chi connectivity index (χ2n) is 6.37. The smallest absolute Gasteiger partial charge is 0.242 e. The van der Waals surface area contributed by atoms with Gasteiger partial charge in [-0.3, -0.25) is 9.59 Å². The lowest BCUT2D eigenvalue weighted by Crippen LogP contribution is -2.34. The van der Waals surface area contributed by atoms with Crippen LogP contribution in [0.1, 0.15) is 0 Å². The number of Topliss-reactive ketones (excluding diaryl/α,β-unsaturated/α-hetero) is 2. The van der Waals surface area contributed by atoms with Gasteiger partial charge in [-0.05, 0) is 71.1 Å². The summed E-state index contributed by atoms with van der Waals surface area (Å²) in [4.78, 5) is 24.7. The molecule has 0 aromatic rings. The molecule has 0 bridgehead atoms. The van der Waals surface area contributed by atoms with Gasteiger partial charge in [0.1, 0.15) is 8.96 Å². The van der Waals surface area contributed by atoms with Crippen LogP contribution in [0.15, 0.2) is 20.5 Å². The number of carbonyl (C=O) groups is 2. The largest absolute Gasteiger partial charge is 0.541 e. The number of hydrogen-bond acceptors (Lipinski definition) is 4. The molecule has 1 aliphatic carbocycles. The summed E-state index contributed by atoms with van der Waals surface area (Å²) in [7, 11) is -3.99. The fraction of sp³-hybridized carbons (Fsp3) is 0.500. The molecule has 0 atom stereocenters. The summed E-state index contributed by atoms with van der Waals surface area (Å²) < 4.78 is 11.7. The van der Waals surface area contributed by atoms with E-state index in [1.165, 1.54) is 0 Å². The van der Waals surface area contributed by atoms with Crippen LogP contribution in [0.5, 0.6) is 0 Å². The zero-order chi connectivity index (χ0) is 15.9. The van der Waals surface area contributed by atoms with Crippen LogP contribution in [0.2, 0.25) is 39.3 Å². The van der Waals surface area contributed by atoms with Crippen molar-refractivity contribution in [3.63, 3.8) is 0 Å². The molecule has 20 heavy (non-hydrogen) atoms. The highest BCUT2D eigenvalue weighted by Gasteiger charge is 2.38. The average Bonchev–Trinajstić information content (AvgIpc) is 2.25. The second-order valence-corrected chi connectivity index (χ2v) is 16.8. The fourth-order valence-corrected chi connectivity index (χ4v) is 4.19. The zero-order valence-corrected chi connectivity index (χ0v) is 17.6. The Bertz CT molecular complexity index is 477. The van der Waals surface area contributed by atoms with Crippen LogP contribution >= 0.6 is 31.9 Å². The monoisotopic (exact) mass is 440 g/mol. The summed E-state index contributed by atoms with van der Waals surface area (Å²) in [5, 5.41) is 0. The van der Waals surface area contributed by atoms with Crippen LogP contribution < -0.4 is 0 Å². The minimum Gasteiger partial charge on any atom is -0.541 e. The highest BCUT2D eigenvalue weighted by Crippen LogP contribution is 2.35. The summed E-state index contributed by atoms with van der Waals surface area (Å²) in [5.74, 6) is -0.563. The Hall–Kier alpha value is -0.186. The van der Waals surface area contributed by atoms with Crippen molar-refractivity contribution in [1.82, 2.24) is 0 Å². The predicted octanol–water partition coefficient (Wildman–Crippen LogP) is 4.05. The Morgan fingerprint density at radius 2 is 0.950 bits per heavy atom. The van der Waals surface area contributed by atoms with E-state index >= 15 is 0 Å². The molecule has 0 aromatic heterocycles. The predicted molar refractivity (Wildman–Crippen MR) is 90.8 cm³/mol. The number of rotatable bonds is 4. The van der Waals surface area contributed by atoms with Gasteiger partial charge in [-0.15, -0.1) is 0 Å². The molecule has 0 N–H and O–H groups in total. The first-order valence-electron chi connectivity index (χ1n) is 6.10. The quantitative estimate of drug-likeness (QED) is 0.487. The lowest BCUT2D eigenvalue weighted by atomic mass is 10.1. The first kappa shape index (κ1) is 17.9. The summed E-state index contributed by atoms with van der Waals surface area (Å²) in [6.45, 7) is 11.7. The standard InChI is InChI=1S/C12H18Br2O4Si2/c1-19(2,3)17-11-7(13)10(16)12(8(14)9(11)15)18-20(4,5)6/h1-6H3. The van der Waals surface area contributed by atoms with Crippen molar-refractivity contribution < 1.29 is 18.4 Å². The van der Waals surface area contributed by atoms with Crippen LogP contribution in [0.4, 0.5) is 0 Å². The van der Waals surface area contributed by atoms with Crippen molar-refractivity contribution >= 4 is 60.1 Å². The van der Waals surface area contributed by atoms with Gasteiger partial charge < -0.3 is 8.85 Å². The number of carbonyl (C=O) groups excluding carboxylic acids is 2. The molecule has 112 valence electrons. The van der Waals surface area contributed by atoms with Crippen molar-refractivity contribution in [1.29, 1.82) is 0 Å². The van der Waals surface area contributed by atoms with Gasteiger partial charge in [-0.2, -0.15) is 0 Å². The van der Waals surface area contributed by atoms with Crippen LogP contribution in [-0.4, -0.2) is 28.2 Å². The molecule has 0 fully saturated rings. The molecule has 0 saturated carbocycles. The normalized spacial score (nSPS) is 17.8. The van der Waals surface area contributed by atoms with Crippen LogP contribution in [-0.2, 0) is 18.4 Å². The molecule has 0 saturated heterocycles. The van der Waals surface area contributed by atoms with Crippen LogP contribution in [0, 0.1) is 0 Å². The van der Waals surface area contributed by atoms with E-state index in [9.17, 15) is 9.59 Å². The van der Waals surface area contributed by atoms with Gasteiger partial charge in [0.25, 0.3) is 0 Å². The van der Waals surface area contributed by atoms with Gasteiger partial charge in [0, 0.05) is 0 Å². The van der Waals surface area contributed by atoms with Gasteiger partial charge in [0.15, 0.2) is 11.5 Å². The molecule has 0 unspecified atom stereocenters. The average molecular weight is 442 g/mol. The maximum atomic E-state index is 12.3. The molecule has 0 amide bonds. The SMILES string of the molecule is C[Si](C)(C)OC1=C(Br)C(=O)C(O[Si](C)(C)C)=C(Br)C1=O. The van der Waals surface area contributed by atoms with Gasteiger partial charge in [-0.25, -0.2) is 0 Å². The maximum Gasteiger partial charge on any atom is 0.242 e. The van der Waals surface area contributed by atoms with Gasteiger partial charge in [-0.1, -0.05) is 0 Å². The molecular formula is C12H18Br2O4Si2. The molecule has 1 rings (SSSR count). The van der Waals surface area contributed by atoms with Crippen LogP contribution in [0.25, 0.3) is 0 Å². The third-order valence-electron chi connectivity index (χ3n) is 2.03. The molecule has 0 radical (unpaired) electrons. The minimum absolute atomic E-state index is 0.0731. The third-order valence-corrected chi connectivity index (χ3v) is 5.10. The molecule has 1 aliphatic rings. The molecule has 0 aromatic carbocycles. The Morgan fingerprint density at radius 1 is 0.700 bits per heavy atom. The van der Waals surface area contributed by atoms with E-state index in [-0.39, 0.29) is 32.0 Å². The van der Waals surface area contributed by atoms with E-state index in [4.69, 9.17) is 8.85 Å². The number of halogens is 2. The third kappa shape index (κ3) is 4.40. The van der Waals surface area contributed by atoms with Crippen molar-refractivity contribution in [2.24, 2.45) is 0 Å². The van der Waals surface area contributed by atoms with Crippen molar-refractivity contribution in [2.45, 2.75) is 39.3 Å². The minimum atomic E-state index is -1.99. The van der Waals surface area contributed by atoms with E-state index in [0.29, 0.717) is 0 Å². The topological polar surface area (TPSA) is 52.6 Å². The molecule has 8 heteroatoms. The highest BCUT2D eigenvalue weighted by molar-refractivity contribution is 9.12. The molecule has 0 spiro atoms. The van der Waals surface area contributed by atoms with E-state index in [1.54, 1.807) is 0 Å².